The number of hydrogen-bond acceptors (Lipinski definition) is 3. The lowest BCUT2D eigenvalue weighted by atomic mass is 9.48. The second-order valence-electron chi connectivity index (χ2n) is 12.5. The molecule has 8 atom stereocenters. The lowest BCUT2D eigenvalue weighted by Crippen LogP contribution is -2.59. The van der Waals surface area contributed by atoms with Crippen LogP contribution in [0.15, 0.2) is 66.7 Å². The molecule has 0 radical (unpaired) electrons. The summed E-state index contributed by atoms with van der Waals surface area (Å²) < 4.78 is 5.37. The fourth-order valence-electron chi connectivity index (χ4n) is 8.81. The third kappa shape index (κ3) is 4.06. The number of fused-ring (bicyclic) bond motifs is 5. The van der Waals surface area contributed by atoms with E-state index in [0.717, 1.165) is 55.4 Å². The summed E-state index contributed by atoms with van der Waals surface area (Å²) in [5.74, 6) is 2.79. The highest BCUT2D eigenvalue weighted by molar-refractivity contribution is 5.89. The highest BCUT2D eigenvalue weighted by Gasteiger charge is 2.61. The SMILES string of the molecule is COc1ccc(C(NC(=O)C2CC[C@H]3[C@@H]4CCC5NC(=O)C=C[C@]5(C)[C@@H]4CC[C@]23C)c2ccccc2)cc1. The molecule has 0 spiro atoms. The predicted molar refractivity (Wildman–Crippen MR) is 148 cm³/mol. The van der Waals surface area contributed by atoms with Crippen molar-refractivity contribution < 1.29 is 14.3 Å². The van der Waals surface area contributed by atoms with Gasteiger partial charge in [0.15, 0.2) is 0 Å². The zero-order chi connectivity index (χ0) is 26.5. The van der Waals surface area contributed by atoms with Crippen molar-refractivity contribution in [3.8, 4) is 5.75 Å². The average Bonchev–Trinajstić information content (AvgIpc) is 3.30. The van der Waals surface area contributed by atoms with Crippen LogP contribution < -0.4 is 15.4 Å². The van der Waals surface area contributed by atoms with Crippen molar-refractivity contribution in [1.29, 1.82) is 0 Å². The Bertz CT molecular complexity index is 1220. The van der Waals surface area contributed by atoms with Gasteiger partial charge in [-0.1, -0.05) is 62.4 Å². The van der Waals surface area contributed by atoms with Gasteiger partial charge in [0.25, 0.3) is 0 Å². The first-order valence-corrected chi connectivity index (χ1v) is 14.3. The number of hydrogen-bond donors (Lipinski definition) is 2. The number of amides is 2. The first-order chi connectivity index (χ1) is 18.3. The molecule has 1 heterocycles. The van der Waals surface area contributed by atoms with E-state index >= 15 is 0 Å². The molecule has 0 aromatic heterocycles. The minimum atomic E-state index is -0.195. The van der Waals surface area contributed by atoms with Crippen molar-refractivity contribution in [3.05, 3.63) is 77.9 Å². The monoisotopic (exact) mass is 512 g/mol. The topological polar surface area (TPSA) is 67.4 Å². The fraction of sp³-hybridized carbons (Fsp3) is 0.515. The second kappa shape index (κ2) is 9.59. The number of ether oxygens (including phenoxy) is 1. The van der Waals surface area contributed by atoms with Crippen molar-refractivity contribution in [1.82, 2.24) is 10.6 Å². The Balaban J connectivity index is 1.24. The Kier molecular flexibility index (Phi) is 6.36. The molecule has 5 heteroatoms. The fourth-order valence-corrected chi connectivity index (χ4v) is 8.81. The summed E-state index contributed by atoms with van der Waals surface area (Å²) in [7, 11) is 1.67. The van der Waals surface area contributed by atoms with Crippen LogP contribution in [0.1, 0.15) is 69.5 Å². The molecule has 2 N–H and O–H groups in total. The highest BCUT2D eigenvalue weighted by atomic mass is 16.5. The molecule has 38 heavy (non-hydrogen) atoms. The van der Waals surface area contributed by atoms with Gasteiger partial charge in [-0.05, 0) is 91.0 Å². The molecule has 3 fully saturated rings. The summed E-state index contributed by atoms with van der Waals surface area (Å²) in [6.07, 6.45) is 10.4. The van der Waals surface area contributed by atoms with Gasteiger partial charge in [0.2, 0.25) is 11.8 Å². The Hall–Kier alpha value is -3.08. The molecule has 2 amide bonds. The minimum absolute atomic E-state index is 0.0111. The standard InChI is InChI=1S/C33H40N2O3/c1-32-19-17-26-24(13-16-28-33(26,2)20-18-29(36)34-28)25(32)14-15-27(32)31(37)35-30(21-7-5-4-6-8-21)22-9-11-23(38-3)12-10-22/h4-12,18,20,24-28,30H,13-17,19H2,1-3H3,(H,34,36)(H,35,37)/t24-,25-,26+,27?,28?,30?,32-,33+/m0/s1. The number of rotatable bonds is 5. The van der Waals surface area contributed by atoms with Gasteiger partial charge in [-0.15, -0.1) is 0 Å². The van der Waals surface area contributed by atoms with E-state index in [9.17, 15) is 9.59 Å². The van der Waals surface area contributed by atoms with Crippen LogP contribution in [0.2, 0.25) is 0 Å². The summed E-state index contributed by atoms with van der Waals surface area (Å²) in [6.45, 7) is 4.74. The molecule has 3 unspecified atom stereocenters. The molecule has 0 bridgehead atoms. The zero-order valence-electron chi connectivity index (χ0n) is 22.8. The zero-order valence-corrected chi connectivity index (χ0v) is 22.8. The van der Waals surface area contributed by atoms with E-state index in [-0.39, 0.29) is 40.6 Å². The second-order valence-corrected chi connectivity index (χ2v) is 12.5. The van der Waals surface area contributed by atoms with E-state index in [1.165, 1.54) is 0 Å². The summed E-state index contributed by atoms with van der Waals surface area (Å²) >= 11 is 0. The van der Waals surface area contributed by atoms with Gasteiger partial charge >= 0.3 is 0 Å². The van der Waals surface area contributed by atoms with Crippen molar-refractivity contribution in [3.63, 3.8) is 0 Å². The van der Waals surface area contributed by atoms with Gasteiger partial charge in [0.05, 0.1) is 13.2 Å². The summed E-state index contributed by atoms with van der Waals surface area (Å²) in [5, 5.41) is 6.73. The van der Waals surface area contributed by atoms with Crippen molar-refractivity contribution in [2.75, 3.05) is 7.11 Å². The van der Waals surface area contributed by atoms with E-state index in [0.29, 0.717) is 17.8 Å². The molecule has 0 saturated heterocycles. The van der Waals surface area contributed by atoms with Crippen LogP contribution >= 0.6 is 0 Å². The molecule has 3 aliphatic carbocycles. The van der Waals surface area contributed by atoms with Crippen LogP contribution in [0.3, 0.4) is 0 Å². The van der Waals surface area contributed by atoms with Crippen LogP contribution in [0.25, 0.3) is 0 Å². The maximum Gasteiger partial charge on any atom is 0.243 e. The number of benzene rings is 2. The van der Waals surface area contributed by atoms with Crippen LogP contribution in [-0.2, 0) is 9.59 Å². The summed E-state index contributed by atoms with van der Waals surface area (Å²) in [5.41, 5.74) is 2.18. The quantitative estimate of drug-likeness (QED) is 0.531. The van der Waals surface area contributed by atoms with Gasteiger partial charge < -0.3 is 15.4 Å². The summed E-state index contributed by atoms with van der Waals surface area (Å²) in [4.78, 5) is 26.1. The molecule has 3 saturated carbocycles. The van der Waals surface area contributed by atoms with Crippen LogP contribution in [0.4, 0.5) is 0 Å². The van der Waals surface area contributed by atoms with Gasteiger partial charge in [-0.2, -0.15) is 0 Å². The van der Waals surface area contributed by atoms with Gasteiger partial charge in [-0.25, -0.2) is 0 Å². The van der Waals surface area contributed by atoms with Crippen LogP contribution in [0, 0.1) is 34.5 Å². The number of nitrogens with one attached hydrogen (secondary N) is 2. The van der Waals surface area contributed by atoms with Crippen LogP contribution in [0.5, 0.6) is 5.75 Å². The van der Waals surface area contributed by atoms with Crippen molar-refractivity contribution in [2.24, 2.45) is 34.5 Å². The van der Waals surface area contributed by atoms with Crippen molar-refractivity contribution >= 4 is 11.8 Å². The predicted octanol–water partition coefficient (Wildman–Crippen LogP) is 5.81. The Morgan fingerprint density at radius 1 is 0.947 bits per heavy atom. The molecule has 2 aromatic rings. The van der Waals surface area contributed by atoms with E-state index in [2.05, 4.69) is 54.8 Å². The molecule has 5 nitrogen and oxygen atoms in total. The molecular weight excluding hydrogens is 472 g/mol. The number of carbonyl (C=O) groups excluding carboxylic acids is 2. The normalized spacial score (nSPS) is 36.3. The number of carbonyl (C=O) groups is 2. The Morgan fingerprint density at radius 3 is 2.42 bits per heavy atom. The first kappa shape index (κ1) is 25.2. The van der Waals surface area contributed by atoms with E-state index in [4.69, 9.17) is 4.74 Å². The third-order valence-electron chi connectivity index (χ3n) is 10.9. The Labute approximate surface area is 226 Å². The average molecular weight is 513 g/mol. The molecule has 1 aliphatic heterocycles. The smallest absolute Gasteiger partial charge is 0.243 e. The largest absolute Gasteiger partial charge is 0.497 e. The van der Waals surface area contributed by atoms with Gasteiger partial charge in [0, 0.05) is 17.4 Å². The van der Waals surface area contributed by atoms with Crippen molar-refractivity contribution in [2.45, 2.75) is 64.5 Å². The van der Waals surface area contributed by atoms with Gasteiger partial charge in [-0.3, -0.25) is 9.59 Å². The molecule has 200 valence electrons. The first-order valence-electron chi connectivity index (χ1n) is 14.3. The number of methoxy groups -OCH3 is 1. The van der Waals surface area contributed by atoms with E-state index in [1.807, 2.05) is 30.3 Å². The lowest BCUT2D eigenvalue weighted by molar-refractivity contribution is -0.134. The lowest BCUT2D eigenvalue weighted by Gasteiger charge is -2.58. The van der Waals surface area contributed by atoms with Gasteiger partial charge in [0.1, 0.15) is 5.75 Å². The van der Waals surface area contributed by atoms with Crippen LogP contribution in [-0.4, -0.2) is 25.0 Å². The summed E-state index contributed by atoms with van der Waals surface area (Å²) in [6, 6.07) is 18.3. The third-order valence-corrected chi connectivity index (χ3v) is 10.9. The molecule has 6 rings (SSSR count). The minimum Gasteiger partial charge on any atom is -0.497 e. The maximum absolute atomic E-state index is 14.1. The molecule has 2 aromatic carbocycles. The Morgan fingerprint density at radius 2 is 1.68 bits per heavy atom. The van der Waals surface area contributed by atoms with E-state index in [1.54, 1.807) is 13.2 Å². The highest BCUT2D eigenvalue weighted by Crippen LogP contribution is 2.65. The van der Waals surface area contributed by atoms with E-state index < -0.39 is 0 Å². The maximum atomic E-state index is 14.1. The molecular formula is C33H40N2O3. The molecule has 4 aliphatic rings.